The summed E-state index contributed by atoms with van der Waals surface area (Å²) in [4.78, 5) is 30.6. The van der Waals surface area contributed by atoms with Crippen molar-refractivity contribution in [1.82, 2.24) is 10.3 Å². The second-order valence-electron chi connectivity index (χ2n) is 7.57. The zero-order chi connectivity index (χ0) is 20.0. The number of nitrogens with one attached hydrogen (secondary N) is 1. The van der Waals surface area contributed by atoms with Crippen molar-refractivity contribution in [3.8, 4) is 0 Å². The van der Waals surface area contributed by atoms with Gasteiger partial charge in [-0.05, 0) is 39.3 Å². The first-order valence-corrected chi connectivity index (χ1v) is 9.05. The molecule has 2 rings (SSSR count). The molecule has 8 nitrogen and oxygen atoms in total. The van der Waals surface area contributed by atoms with Crippen molar-refractivity contribution in [3.63, 3.8) is 0 Å². The van der Waals surface area contributed by atoms with Crippen molar-refractivity contribution < 1.29 is 23.8 Å². The SMILES string of the molecule is COC(=O)CC(NC(=O)OC(C)(C)C)c1cncc(N2CCOCC2C)c1. The number of alkyl carbamates (subject to hydrolysis) is 1. The second-order valence-corrected chi connectivity index (χ2v) is 7.57. The Morgan fingerprint density at radius 1 is 1.41 bits per heavy atom. The molecule has 0 aromatic carbocycles. The maximum atomic E-state index is 12.2. The fraction of sp³-hybridized carbons (Fsp3) is 0.632. The van der Waals surface area contributed by atoms with Gasteiger partial charge in [-0.25, -0.2) is 4.79 Å². The molecule has 2 unspecified atom stereocenters. The molecule has 1 saturated heterocycles. The monoisotopic (exact) mass is 379 g/mol. The summed E-state index contributed by atoms with van der Waals surface area (Å²) >= 11 is 0. The minimum Gasteiger partial charge on any atom is -0.469 e. The van der Waals surface area contributed by atoms with Crippen LogP contribution in [0.4, 0.5) is 10.5 Å². The lowest BCUT2D eigenvalue weighted by atomic mass is 10.0. The molecule has 1 aliphatic heterocycles. The van der Waals surface area contributed by atoms with Gasteiger partial charge in [0.25, 0.3) is 0 Å². The number of carbonyl (C=O) groups excluding carboxylic acids is 2. The molecule has 8 heteroatoms. The first-order valence-electron chi connectivity index (χ1n) is 9.05. The van der Waals surface area contributed by atoms with Crippen LogP contribution in [0, 0.1) is 0 Å². The molecule has 0 spiro atoms. The summed E-state index contributed by atoms with van der Waals surface area (Å²) in [5.41, 5.74) is 0.995. The van der Waals surface area contributed by atoms with Gasteiger partial charge < -0.3 is 24.4 Å². The highest BCUT2D eigenvalue weighted by Gasteiger charge is 2.25. The highest BCUT2D eigenvalue weighted by molar-refractivity contribution is 5.73. The molecule has 27 heavy (non-hydrogen) atoms. The van der Waals surface area contributed by atoms with Gasteiger partial charge in [-0.15, -0.1) is 0 Å². The molecule has 1 N–H and O–H groups in total. The van der Waals surface area contributed by atoms with E-state index in [4.69, 9.17) is 14.2 Å². The van der Waals surface area contributed by atoms with Gasteiger partial charge in [0.1, 0.15) is 5.60 Å². The Kier molecular flexibility index (Phi) is 7.01. The maximum absolute atomic E-state index is 12.2. The van der Waals surface area contributed by atoms with Gasteiger partial charge in [0, 0.05) is 18.8 Å². The Balaban J connectivity index is 2.22. The van der Waals surface area contributed by atoms with Crippen LogP contribution in [0.5, 0.6) is 0 Å². The summed E-state index contributed by atoms with van der Waals surface area (Å²) in [5, 5.41) is 2.75. The van der Waals surface area contributed by atoms with E-state index in [1.807, 2.05) is 6.07 Å². The Labute approximate surface area is 160 Å². The van der Waals surface area contributed by atoms with Crippen LogP contribution in [0.1, 0.15) is 45.7 Å². The summed E-state index contributed by atoms with van der Waals surface area (Å²) in [6, 6.07) is 1.55. The van der Waals surface area contributed by atoms with Gasteiger partial charge in [0.2, 0.25) is 0 Å². The quantitative estimate of drug-likeness (QED) is 0.786. The number of pyridine rings is 1. The van der Waals surface area contributed by atoms with Gasteiger partial charge >= 0.3 is 12.1 Å². The van der Waals surface area contributed by atoms with Gasteiger partial charge in [-0.3, -0.25) is 9.78 Å². The number of ether oxygens (including phenoxy) is 3. The average molecular weight is 379 g/mol. The summed E-state index contributed by atoms with van der Waals surface area (Å²) in [5.74, 6) is -0.429. The van der Waals surface area contributed by atoms with Crippen molar-refractivity contribution in [2.24, 2.45) is 0 Å². The van der Waals surface area contributed by atoms with Gasteiger partial charge in [-0.2, -0.15) is 0 Å². The zero-order valence-corrected chi connectivity index (χ0v) is 16.7. The van der Waals surface area contributed by atoms with Gasteiger partial charge in [0.05, 0.1) is 44.7 Å². The van der Waals surface area contributed by atoms with E-state index in [9.17, 15) is 9.59 Å². The third-order valence-corrected chi connectivity index (χ3v) is 4.14. The number of nitrogens with zero attached hydrogens (tertiary/aromatic N) is 2. The highest BCUT2D eigenvalue weighted by Crippen LogP contribution is 2.25. The van der Waals surface area contributed by atoms with Gasteiger partial charge in [0.15, 0.2) is 0 Å². The number of anilines is 1. The number of esters is 1. The normalized spacial score (nSPS) is 18.6. The molecule has 0 aliphatic carbocycles. The molecular weight excluding hydrogens is 350 g/mol. The number of hydrogen-bond acceptors (Lipinski definition) is 7. The molecule has 150 valence electrons. The fourth-order valence-electron chi connectivity index (χ4n) is 2.86. The largest absolute Gasteiger partial charge is 0.469 e. The number of amides is 1. The van der Waals surface area contributed by atoms with E-state index in [2.05, 4.69) is 22.1 Å². The molecule has 0 bridgehead atoms. The molecule has 1 aliphatic rings. The van der Waals surface area contributed by atoms with E-state index in [1.54, 1.807) is 33.2 Å². The van der Waals surface area contributed by atoms with Crippen LogP contribution in [-0.2, 0) is 19.0 Å². The zero-order valence-electron chi connectivity index (χ0n) is 16.7. The number of aromatic nitrogens is 1. The van der Waals surface area contributed by atoms with Crippen LogP contribution in [0.25, 0.3) is 0 Å². The van der Waals surface area contributed by atoms with Crippen LogP contribution < -0.4 is 10.2 Å². The van der Waals surface area contributed by atoms with E-state index in [0.29, 0.717) is 18.8 Å². The predicted molar refractivity (Wildman–Crippen MR) is 101 cm³/mol. The second kappa shape index (κ2) is 9.03. The maximum Gasteiger partial charge on any atom is 0.408 e. The first kappa shape index (κ1) is 21.0. The minimum absolute atomic E-state index is 0.0143. The van der Waals surface area contributed by atoms with E-state index in [-0.39, 0.29) is 12.5 Å². The Bertz CT molecular complexity index is 659. The fourth-order valence-corrected chi connectivity index (χ4v) is 2.86. The van der Waals surface area contributed by atoms with E-state index >= 15 is 0 Å². The Morgan fingerprint density at radius 2 is 2.15 bits per heavy atom. The molecule has 1 aromatic heterocycles. The minimum atomic E-state index is -0.636. The van der Waals surface area contributed by atoms with E-state index in [0.717, 1.165) is 12.2 Å². The van der Waals surface area contributed by atoms with E-state index < -0.39 is 23.7 Å². The summed E-state index contributed by atoms with van der Waals surface area (Å²) in [6.45, 7) is 9.48. The smallest absolute Gasteiger partial charge is 0.408 e. The molecule has 1 fully saturated rings. The summed E-state index contributed by atoms with van der Waals surface area (Å²) in [6.07, 6.45) is 2.80. The van der Waals surface area contributed by atoms with Crippen molar-refractivity contribution in [1.29, 1.82) is 0 Å². The molecule has 2 heterocycles. The van der Waals surface area contributed by atoms with Crippen molar-refractivity contribution in [3.05, 3.63) is 24.0 Å². The topological polar surface area (TPSA) is 90.0 Å². The molecule has 0 saturated carbocycles. The molecular formula is C19H29N3O5. The van der Waals surface area contributed by atoms with Crippen LogP contribution in [-0.4, -0.2) is 55.6 Å². The number of methoxy groups -OCH3 is 1. The average Bonchev–Trinajstić information content (AvgIpc) is 2.60. The number of carbonyl (C=O) groups is 2. The predicted octanol–water partition coefficient (Wildman–Crippen LogP) is 2.44. The third-order valence-electron chi connectivity index (χ3n) is 4.14. The lowest BCUT2D eigenvalue weighted by Crippen LogP contribution is -2.43. The highest BCUT2D eigenvalue weighted by atomic mass is 16.6. The standard InChI is InChI=1S/C19H29N3O5/c1-13-12-26-7-6-22(13)15-8-14(10-20-11-15)16(9-17(23)25-5)21-18(24)27-19(2,3)4/h8,10-11,13,16H,6-7,9,12H2,1-5H3,(H,21,24). The Hall–Kier alpha value is -2.35. The van der Waals surface area contributed by atoms with Crippen LogP contribution in [0.15, 0.2) is 18.5 Å². The molecule has 2 atom stereocenters. The van der Waals surface area contributed by atoms with Crippen LogP contribution in [0.3, 0.4) is 0 Å². The van der Waals surface area contributed by atoms with Crippen LogP contribution >= 0.6 is 0 Å². The number of rotatable bonds is 5. The van der Waals surface area contributed by atoms with Crippen LogP contribution in [0.2, 0.25) is 0 Å². The Morgan fingerprint density at radius 3 is 2.78 bits per heavy atom. The number of morpholine rings is 1. The van der Waals surface area contributed by atoms with Crippen molar-refractivity contribution >= 4 is 17.7 Å². The number of hydrogen-bond donors (Lipinski definition) is 1. The van der Waals surface area contributed by atoms with Gasteiger partial charge in [-0.1, -0.05) is 0 Å². The summed E-state index contributed by atoms with van der Waals surface area (Å²) in [7, 11) is 1.32. The van der Waals surface area contributed by atoms with Crippen molar-refractivity contribution in [2.45, 2.75) is 51.8 Å². The first-order chi connectivity index (χ1) is 12.7. The third kappa shape index (κ3) is 6.39. The lowest BCUT2D eigenvalue weighted by Gasteiger charge is -2.35. The molecule has 1 aromatic rings. The molecule has 0 radical (unpaired) electrons. The summed E-state index contributed by atoms with van der Waals surface area (Å²) < 4.78 is 15.6. The van der Waals surface area contributed by atoms with Crippen molar-refractivity contribution in [2.75, 3.05) is 31.8 Å². The van der Waals surface area contributed by atoms with E-state index in [1.165, 1.54) is 7.11 Å². The lowest BCUT2D eigenvalue weighted by molar-refractivity contribution is -0.141. The molecule has 1 amide bonds.